The Morgan fingerprint density at radius 1 is 0.786 bits per heavy atom. The van der Waals surface area contributed by atoms with Crippen molar-refractivity contribution in [2.24, 2.45) is 0 Å². The molecule has 1 heteroatoms. The number of rotatable bonds is 1. The Kier molecular flexibility index (Phi) is 4.17. The summed E-state index contributed by atoms with van der Waals surface area (Å²) in [6.45, 7) is 2.14. The smallest absolute Gasteiger partial charge is 1.00 e. The van der Waals surface area contributed by atoms with E-state index in [0.717, 1.165) is 0 Å². The molecule has 0 aromatic heterocycles. The van der Waals surface area contributed by atoms with E-state index >= 15 is 0 Å². The molecule has 0 nitrogen and oxygen atoms in total. The van der Waals surface area contributed by atoms with E-state index in [1.165, 1.54) is 16.7 Å². The quantitative estimate of drug-likeness (QED) is 0.610. The fourth-order valence-corrected chi connectivity index (χ4v) is 1.51. The molecule has 0 amide bonds. The molecule has 14 heavy (non-hydrogen) atoms. The molecule has 0 atom stereocenters. The normalized spacial score (nSPS) is 9.21. The monoisotopic (exact) mass is 194 g/mol. The second-order valence-corrected chi connectivity index (χ2v) is 3.18. The maximum atomic E-state index is 2.16. The van der Waals surface area contributed by atoms with Crippen LogP contribution < -0.4 is 0 Å². The van der Waals surface area contributed by atoms with Gasteiger partial charge in [-0.25, -0.2) is 0 Å². The summed E-state index contributed by atoms with van der Waals surface area (Å²) < 4.78 is 0. The predicted octanol–water partition coefficient (Wildman–Crippen LogP) is 3.51. The molecule has 68 valence electrons. The average molecular weight is 195 g/mol. The Morgan fingerprint density at radius 2 is 1.36 bits per heavy atom. The minimum Gasteiger partial charge on any atom is -1.00 e. The fourth-order valence-electron chi connectivity index (χ4n) is 1.51. The Hall–Kier alpha value is -0.794. The van der Waals surface area contributed by atoms with Gasteiger partial charge in [-0.15, -0.1) is 0 Å². The largest absolute Gasteiger partial charge is 2.00 e. The van der Waals surface area contributed by atoms with Crippen molar-refractivity contribution in [3.05, 3.63) is 60.2 Å². The third-order valence-corrected chi connectivity index (χ3v) is 2.23. The number of benzene rings is 2. The first-order valence-corrected chi connectivity index (χ1v) is 4.49. The zero-order valence-electron chi connectivity index (χ0n) is 10.4. The van der Waals surface area contributed by atoms with Crippen molar-refractivity contribution in [1.29, 1.82) is 0 Å². The van der Waals surface area contributed by atoms with Crippen molar-refractivity contribution in [3.8, 4) is 11.1 Å². The van der Waals surface area contributed by atoms with Crippen LogP contribution in [0.25, 0.3) is 11.1 Å². The molecule has 2 aromatic carbocycles. The molecule has 0 bridgehead atoms. The summed E-state index contributed by atoms with van der Waals surface area (Å²) in [5.41, 5.74) is 3.94. The van der Waals surface area contributed by atoms with Gasteiger partial charge in [-0.3, -0.25) is 0 Å². The van der Waals surface area contributed by atoms with Crippen LogP contribution in [0.1, 0.15) is 8.42 Å². The maximum absolute atomic E-state index is 2.16. The van der Waals surface area contributed by atoms with Gasteiger partial charge in [-0.2, -0.15) is 0 Å². The van der Waals surface area contributed by atoms with Crippen LogP contribution in [-0.2, 0) is 0 Å². The van der Waals surface area contributed by atoms with Gasteiger partial charge >= 0.3 is 23.1 Å². The summed E-state index contributed by atoms with van der Waals surface area (Å²) in [5, 5.41) is 0. The molecule has 0 N–H and O–H groups in total. The molecule has 0 spiro atoms. The molecule has 0 aliphatic carbocycles. The summed E-state index contributed by atoms with van der Waals surface area (Å²) >= 11 is 0. The van der Waals surface area contributed by atoms with Gasteiger partial charge in [-0.1, -0.05) is 54.6 Å². The van der Waals surface area contributed by atoms with E-state index in [0.29, 0.717) is 0 Å². The van der Waals surface area contributed by atoms with E-state index in [4.69, 9.17) is 0 Å². The van der Waals surface area contributed by atoms with Crippen molar-refractivity contribution in [1.82, 2.24) is 0 Å². The molecule has 0 aliphatic rings. The first-order chi connectivity index (χ1) is 6.38. The summed E-state index contributed by atoms with van der Waals surface area (Å²) in [6, 6.07) is 18.9. The topological polar surface area (TPSA) is 0 Å². The average Bonchev–Trinajstić information content (AvgIpc) is 2.20. The number of hydrogen-bond acceptors (Lipinski definition) is 0. The molecule has 0 aliphatic heterocycles. The summed E-state index contributed by atoms with van der Waals surface area (Å²) in [4.78, 5) is 0. The Balaban J connectivity index is 0. The van der Waals surface area contributed by atoms with E-state index in [9.17, 15) is 0 Å². The molecule has 2 rings (SSSR count). The first kappa shape index (κ1) is 11.3. The van der Waals surface area contributed by atoms with E-state index < -0.39 is 0 Å². The summed E-state index contributed by atoms with van der Waals surface area (Å²) in [7, 11) is 0. The van der Waals surface area contributed by atoms with Crippen LogP contribution in [0.3, 0.4) is 0 Å². The van der Waals surface area contributed by atoms with Crippen LogP contribution in [-0.4, -0.2) is 23.1 Å². The van der Waals surface area contributed by atoms with Gasteiger partial charge in [0.1, 0.15) is 0 Å². The number of hydrogen-bond donors (Lipinski definition) is 0. The minimum absolute atomic E-state index is 0. The zero-order valence-corrected chi connectivity index (χ0v) is 9.82. The molecule has 0 heterocycles. The third kappa shape index (κ3) is 2.37. The summed E-state index contributed by atoms with van der Waals surface area (Å²) in [5.74, 6) is 0. The number of aryl methyl sites for hydroxylation is 1. The summed E-state index contributed by atoms with van der Waals surface area (Å²) in [6.07, 6.45) is 0. The van der Waals surface area contributed by atoms with E-state index in [-0.39, 0.29) is 25.9 Å². The second-order valence-electron chi connectivity index (χ2n) is 3.18. The van der Waals surface area contributed by atoms with Crippen molar-refractivity contribution >= 4 is 23.1 Å². The minimum atomic E-state index is 0. The molecule has 0 unspecified atom stereocenters. The van der Waals surface area contributed by atoms with Crippen molar-refractivity contribution in [2.75, 3.05) is 0 Å². The van der Waals surface area contributed by atoms with Crippen LogP contribution >= 0.6 is 0 Å². The molecular formula is C13H14Mg. The van der Waals surface area contributed by atoms with Crippen LogP contribution in [0.4, 0.5) is 0 Å². The zero-order chi connectivity index (χ0) is 9.10. The van der Waals surface area contributed by atoms with Gasteiger partial charge in [0.2, 0.25) is 0 Å². The van der Waals surface area contributed by atoms with E-state index in [2.05, 4.69) is 55.5 Å². The Bertz CT molecular complexity index is 402. The van der Waals surface area contributed by atoms with E-state index in [1.54, 1.807) is 0 Å². The predicted molar refractivity (Wildman–Crippen MR) is 64.6 cm³/mol. The van der Waals surface area contributed by atoms with Gasteiger partial charge in [0, 0.05) is 0 Å². The van der Waals surface area contributed by atoms with Gasteiger partial charge < -0.3 is 2.85 Å². The van der Waals surface area contributed by atoms with Crippen molar-refractivity contribution in [3.63, 3.8) is 0 Å². The first-order valence-electron chi connectivity index (χ1n) is 4.49. The van der Waals surface area contributed by atoms with Gasteiger partial charge in [0.15, 0.2) is 0 Å². The van der Waals surface area contributed by atoms with Crippen molar-refractivity contribution < 1.29 is 2.85 Å². The van der Waals surface area contributed by atoms with Crippen LogP contribution in [0.2, 0.25) is 0 Å². The third-order valence-electron chi connectivity index (χ3n) is 2.23. The Labute approximate surface area is 104 Å². The second kappa shape index (κ2) is 5.18. The standard InChI is InChI=1S/C13H12.Mg.2H/c1-11-7-5-6-10-13(11)12-8-3-2-4-9-12;;;/h2-10H,1H3;;;/q;+2;2*-1. The Morgan fingerprint density at radius 3 is 2.00 bits per heavy atom. The molecular weight excluding hydrogens is 180 g/mol. The van der Waals surface area contributed by atoms with Gasteiger partial charge in [-0.05, 0) is 23.6 Å². The van der Waals surface area contributed by atoms with Crippen molar-refractivity contribution in [2.45, 2.75) is 6.92 Å². The van der Waals surface area contributed by atoms with Crippen LogP contribution in [0.5, 0.6) is 0 Å². The van der Waals surface area contributed by atoms with Gasteiger partial charge in [0.05, 0.1) is 0 Å². The fraction of sp³-hybridized carbons (Fsp3) is 0.0769. The molecule has 0 saturated heterocycles. The molecule has 0 fully saturated rings. The molecule has 0 radical (unpaired) electrons. The van der Waals surface area contributed by atoms with Crippen LogP contribution in [0.15, 0.2) is 54.6 Å². The SMILES string of the molecule is Cc1ccccc1-c1ccccc1.[H-].[H-].[Mg+2]. The van der Waals surface area contributed by atoms with Crippen LogP contribution in [0, 0.1) is 6.92 Å². The maximum Gasteiger partial charge on any atom is 2.00 e. The van der Waals surface area contributed by atoms with E-state index in [1.807, 2.05) is 6.07 Å². The molecule has 2 aromatic rings. The van der Waals surface area contributed by atoms with Gasteiger partial charge in [0.25, 0.3) is 0 Å². The molecule has 0 saturated carbocycles.